The first-order valence-corrected chi connectivity index (χ1v) is 7.09. The van der Waals surface area contributed by atoms with E-state index in [1.165, 1.54) is 19.1 Å². The van der Waals surface area contributed by atoms with Crippen molar-refractivity contribution in [2.24, 2.45) is 5.92 Å². The van der Waals surface area contributed by atoms with E-state index < -0.39 is 10.0 Å². The molecule has 0 aromatic rings. The Balaban J connectivity index is 2.11. The molecule has 0 heterocycles. The zero-order valence-corrected chi connectivity index (χ0v) is 10.1. The molecular weight excluding hydrogens is 216 g/mol. The maximum atomic E-state index is 10.8. The van der Waals surface area contributed by atoms with Gasteiger partial charge in [0, 0.05) is 26.2 Å². The van der Waals surface area contributed by atoms with Gasteiger partial charge in [0.15, 0.2) is 0 Å². The highest BCUT2D eigenvalue weighted by Crippen LogP contribution is 2.32. The Morgan fingerprint density at radius 1 is 1.40 bits per heavy atom. The Bertz CT molecular complexity index is 275. The summed E-state index contributed by atoms with van der Waals surface area (Å²) in [6, 6.07) is 0.372. The average Bonchev–Trinajstić information content (AvgIpc) is 2.91. The van der Waals surface area contributed by atoms with Crippen molar-refractivity contribution in [1.82, 2.24) is 10.0 Å². The Morgan fingerprint density at radius 2 is 2.07 bits per heavy atom. The normalized spacial score (nSPS) is 19.1. The van der Waals surface area contributed by atoms with Crippen LogP contribution in [-0.4, -0.2) is 47.5 Å². The minimum Gasteiger partial charge on any atom is -0.383 e. The molecule has 0 bridgehead atoms. The molecule has 0 saturated heterocycles. The lowest BCUT2D eigenvalue weighted by Gasteiger charge is -2.17. The first-order valence-electron chi connectivity index (χ1n) is 5.20. The van der Waals surface area contributed by atoms with Crippen LogP contribution >= 0.6 is 0 Å². The molecule has 0 radical (unpaired) electrons. The van der Waals surface area contributed by atoms with E-state index in [0.29, 0.717) is 31.7 Å². The van der Waals surface area contributed by atoms with Crippen molar-refractivity contribution in [2.75, 3.05) is 33.1 Å². The number of methoxy groups -OCH3 is 1. The predicted molar refractivity (Wildman–Crippen MR) is 59.2 cm³/mol. The van der Waals surface area contributed by atoms with Gasteiger partial charge in [-0.1, -0.05) is 0 Å². The van der Waals surface area contributed by atoms with Crippen molar-refractivity contribution in [3.63, 3.8) is 0 Å². The zero-order chi connectivity index (χ0) is 11.3. The van der Waals surface area contributed by atoms with Crippen LogP contribution in [-0.2, 0) is 14.8 Å². The van der Waals surface area contributed by atoms with E-state index in [2.05, 4.69) is 10.0 Å². The second-order valence-electron chi connectivity index (χ2n) is 4.02. The monoisotopic (exact) mass is 236 g/mol. The van der Waals surface area contributed by atoms with Gasteiger partial charge in [-0.05, 0) is 18.8 Å². The highest BCUT2D eigenvalue weighted by atomic mass is 32.2. The van der Waals surface area contributed by atoms with Crippen molar-refractivity contribution in [1.29, 1.82) is 0 Å². The van der Waals surface area contributed by atoms with Gasteiger partial charge in [-0.25, -0.2) is 13.1 Å². The summed E-state index contributed by atoms with van der Waals surface area (Å²) in [5, 5.41) is 3.30. The molecule has 1 aliphatic rings. The van der Waals surface area contributed by atoms with Crippen LogP contribution in [0.5, 0.6) is 0 Å². The highest BCUT2D eigenvalue weighted by molar-refractivity contribution is 7.88. The Kier molecular flexibility index (Phi) is 4.98. The van der Waals surface area contributed by atoms with E-state index in [-0.39, 0.29) is 0 Å². The minimum absolute atomic E-state index is 0.372. The summed E-state index contributed by atoms with van der Waals surface area (Å²) in [7, 11) is -1.37. The van der Waals surface area contributed by atoms with Gasteiger partial charge < -0.3 is 10.1 Å². The molecule has 6 heteroatoms. The molecule has 1 atom stereocenters. The second kappa shape index (κ2) is 5.79. The lowest BCUT2D eigenvalue weighted by Crippen LogP contribution is -2.40. The lowest BCUT2D eigenvalue weighted by molar-refractivity contribution is 0.158. The first-order chi connectivity index (χ1) is 7.03. The van der Waals surface area contributed by atoms with E-state index in [9.17, 15) is 8.42 Å². The van der Waals surface area contributed by atoms with Crippen molar-refractivity contribution < 1.29 is 13.2 Å². The van der Waals surface area contributed by atoms with Crippen LogP contribution in [0.25, 0.3) is 0 Å². The molecule has 0 spiro atoms. The summed E-state index contributed by atoms with van der Waals surface area (Å²) in [5.74, 6) is 0.711. The number of ether oxygens (including phenoxy) is 1. The molecule has 5 nitrogen and oxygen atoms in total. The van der Waals surface area contributed by atoms with Gasteiger partial charge in [-0.2, -0.15) is 0 Å². The van der Waals surface area contributed by atoms with Gasteiger partial charge in [-0.3, -0.25) is 0 Å². The van der Waals surface area contributed by atoms with Gasteiger partial charge >= 0.3 is 0 Å². The Hall–Kier alpha value is -0.170. The fourth-order valence-electron chi connectivity index (χ4n) is 1.53. The van der Waals surface area contributed by atoms with Crippen molar-refractivity contribution in [3.8, 4) is 0 Å². The van der Waals surface area contributed by atoms with Crippen LogP contribution in [0.3, 0.4) is 0 Å². The molecule has 90 valence electrons. The average molecular weight is 236 g/mol. The summed E-state index contributed by atoms with van der Waals surface area (Å²) < 4.78 is 29.1. The molecule has 15 heavy (non-hydrogen) atoms. The first kappa shape index (κ1) is 12.9. The fraction of sp³-hybridized carbons (Fsp3) is 1.00. The second-order valence-corrected chi connectivity index (χ2v) is 5.85. The molecule has 0 amide bonds. The predicted octanol–water partition coefficient (Wildman–Crippen LogP) is -0.450. The largest absolute Gasteiger partial charge is 0.383 e. The van der Waals surface area contributed by atoms with Gasteiger partial charge in [0.2, 0.25) is 10.0 Å². The van der Waals surface area contributed by atoms with E-state index >= 15 is 0 Å². The van der Waals surface area contributed by atoms with E-state index in [4.69, 9.17) is 4.74 Å². The summed E-state index contributed by atoms with van der Waals surface area (Å²) in [5.41, 5.74) is 0. The Morgan fingerprint density at radius 3 is 2.53 bits per heavy atom. The SMILES string of the molecule is COCC(NCCNS(C)(=O)=O)C1CC1. The number of rotatable bonds is 8. The van der Waals surface area contributed by atoms with E-state index in [1.807, 2.05) is 0 Å². The van der Waals surface area contributed by atoms with Gasteiger partial charge in [0.05, 0.1) is 12.9 Å². The number of sulfonamides is 1. The minimum atomic E-state index is -3.06. The van der Waals surface area contributed by atoms with Gasteiger partial charge in [-0.15, -0.1) is 0 Å². The molecule has 1 saturated carbocycles. The van der Waals surface area contributed by atoms with Crippen LogP contribution in [0.2, 0.25) is 0 Å². The molecule has 2 N–H and O–H groups in total. The summed E-state index contributed by atoms with van der Waals surface area (Å²) >= 11 is 0. The van der Waals surface area contributed by atoms with E-state index in [1.54, 1.807) is 7.11 Å². The van der Waals surface area contributed by atoms with Gasteiger partial charge in [0.25, 0.3) is 0 Å². The molecule has 1 rings (SSSR count). The molecule has 1 aliphatic carbocycles. The smallest absolute Gasteiger partial charge is 0.208 e. The number of hydrogen-bond donors (Lipinski definition) is 2. The third kappa shape index (κ3) is 6.09. The topological polar surface area (TPSA) is 67.4 Å². The van der Waals surface area contributed by atoms with Crippen molar-refractivity contribution in [2.45, 2.75) is 18.9 Å². The maximum absolute atomic E-state index is 10.8. The molecule has 1 fully saturated rings. The summed E-state index contributed by atoms with van der Waals surface area (Å²) in [4.78, 5) is 0. The summed E-state index contributed by atoms with van der Waals surface area (Å²) in [6.07, 6.45) is 3.67. The lowest BCUT2D eigenvalue weighted by atomic mass is 10.2. The molecule has 0 aromatic heterocycles. The fourth-order valence-corrected chi connectivity index (χ4v) is 2.01. The molecule has 0 aromatic carbocycles. The van der Waals surface area contributed by atoms with Gasteiger partial charge in [0.1, 0.15) is 0 Å². The Labute approximate surface area is 91.6 Å². The van der Waals surface area contributed by atoms with Crippen LogP contribution in [0, 0.1) is 5.92 Å². The number of nitrogens with one attached hydrogen (secondary N) is 2. The zero-order valence-electron chi connectivity index (χ0n) is 9.32. The third-order valence-electron chi connectivity index (χ3n) is 2.43. The summed E-state index contributed by atoms with van der Waals surface area (Å²) in [6.45, 7) is 1.78. The third-order valence-corrected chi connectivity index (χ3v) is 3.16. The molecule has 0 aliphatic heterocycles. The van der Waals surface area contributed by atoms with Crippen LogP contribution in [0.4, 0.5) is 0 Å². The van der Waals surface area contributed by atoms with Crippen LogP contribution in [0.15, 0.2) is 0 Å². The standard InChI is InChI=1S/C9H20N2O3S/c1-14-7-9(8-3-4-8)10-5-6-11-15(2,12)13/h8-11H,3-7H2,1-2H3. The maximum Gasteiger partial charge on any atom is 0.208 e. The van der Waals surface area contributed by atoms with Crippen LogP contribution < -0.4 is 10.0 Å². The highest BCUT2D eigenvalue weighted by Gasteiger charge is 2.30. The van der Waals surface area contributed by atoms with E-state index in [0.717, 1.165) is 0 Å². The quantitative estimate of drug-likeness (QED) is 0.560. The molecule has 1 unspecified atom stereocenters. The van der Waals surface area contributed by atoms with Crippen molar-refractivity contribution >= 4 is 10.0 Å². The number of hydrogen-bond acceptors (Lipinski definition) is 4. The van der Waals surface area contributed by atoms with Crippen LogP contribution in [0.1, 0.15) is 12.8 Å². The van der Waals surface area contributed by atoms with Crippen molar-refractivity contribution in [3.05, 3.63) is 0 Å². The molecular formula is C9H20N2O3S.